The van der Waals surface area contributed by atoms with Crippen LogP contribution in [0.15, 0.2) is 47.5 Å². The van der Waals surface area contributed by atoms with Crippen molar-refractivity contribution in [1.29, 1.82) is 0 Å². The average molecular weight is 395 g/mol. The molecule has 2 aromatic carbocycles. The van der Waals surface area contributed by atoms with Gasteiger partial charge in [0.2, 0.25) is 0 Å². The lowest BCUT2D eigenvalue weighted by atomic mass is 10.1. The summed E-state index contributed by atoms with van der Waals surface area (Å²) in [6.07, 6.45) is 1.15. The van der Waals surface area contributed by atoms with Gasteiger partial charge < -0.3 is 9.84 Å². The number of fused-ring (bicyclic) bond motifs is 1. The molecule has 0 bridgehead atoms. The zero-order chi connectivity index (χ0) is 19.8. The number of methoxy groups -OCH3 is 1. The minimum atomic E-state index is -4.30. The Hall–Kier alpha value is -2.94. The number of carbonyl (C=O) groups is 1. The fourth-order valence-corrected chi connectivity index (χ4v) is 4.24. The molecule has 0 aliphatic carbocycles. The topological polar surface area (TPSA) is 85.6 Å². The maximum absolute atomic E-state index is 13.5. The Morgan fingerprint density at radius 3 is 2.41 bits per heavy atom. The first-order valence-corrected chi connectivity index (χ1v) is 9.28. The van der Waals surface area contributed by atoms with Crippen molar-refractivity contribution >= 4 is 26.9 Å². The number of halogens is 2. The molecule has 3 aromatic rings. The van der Waals surface area contributed by atoms with E-state index in [1.165, 1.54) is 19.4 Å². The summed E-state index contributed by atoms with van der Waals surface area (Å²) in [5.74, 6) is -2.60. The number of rotatable bonds is 6. The van der Waals surface area contributed by atoms with Crippen molar-refractivity contribution in [3.05, 3.63) is 59.8 Å². The maximum atomic E-state index is 13.5. The van der Waals surface area contributed by atoms with Crippen molar-refractivity contribution in [1.82, 2.24) is 3.97 Å². The lowest BCUT2D eigenvalue weighted by Gasteiger charge is -2.08. The second-order valence-corrected chi connectivity index (χ2v) is 7.65. The molecule has 1 heterocycles. The van der Waals surface area contributed by atoms with Crippen molar-refractivity contribution in [2.24, 2.45) is 0 Å². The largest absolute Gasteiger partial charge is 0.497 e. The standard InChI is InChI=1S/C18H15F2NO5S/c1-26-14-3-4-17-16(9-14)11(2-5-18(22)23)10-21(17)27(24,25)15-7-12(19)6-13(20)8-15/h3-4,6-10H,2,5H2,1H3,(H,22,23). The van der Waals surface area contributed by atoms with Crippen LogP contribution in [0.25, 0.3) is 10.9 Å². The van der Waals surface area contributed by atoms with Gasteiger partial charge in [0, 0.05) is 24.1 Å². The smallest absolute Gasteiger partial charge is 0.303 e. The molecule has 142 valence electrons. The Morgan fingerprint density at radius 1 is 1.15 bits per heavy atom. The Morgan fingerprint density at radius 2 is 1.81 bits per heavy atom. The average Bonchev–Trinajstić information content (AvgIpc) is 2.97. The third-order valence-electron chi connectivity index (χ3n) is 4.06. The highest BCUT2D eigenvalue weighted by Crippen LogP contribution is 2.30. The van der Waals surface area contributed by atoms with Gasteiger partial charge in [0.25, 0.3) is 10.0 Å². The predicted molar refractivity (Wildman–Crippen MR) is 93.4 cm³/mol. The van der Waals surface area contributed by atoms with Crippen LogP contribution in [0.1, 0.15) is 12.0 Å². The lowest BCUT2D eigenvalue weighted by molar-refractivity contribution is -0.136. The van der Waals surface area contributed by atoms with Gasteiger partial charge in [0.05, 0.1) is 17.5 Å². The molecule has 0 fully saturated rings. The van der Waals surface area contributed by atoms with Gasteiger partial charge in [0.15, 0.2) is 0 Å². The van der Waals surface area contributed by atoms with Crippen LogP contribution in [0.2, 0.25) is 0 Å². The molecular formula is C18H15F2NO5S. The third kappa shape index (κ3) is 3.63. The summed E-state index contributed by atoms with van der Waals surface area (Å²) in [6, 6.07) is 6.66. The Labute approximate surface area is 153 Å². The van der Waals surface area contributed by atoms with Crippen molar-refractivity contribution in [3.63, 3.8) is 0 Å². The maximum Gasteiger partial charge on any atom is 0.303 e. The van der Waals surface area contributed by atoms with Gasteiger partial charge in [-0.2, -0.15) is 0 Å². The minimum Gasteiger partial charge on any atom is -0.497 e. The fraction of sp³-hybridized carbons (Fsp3) is 0.167. The van der Waals surface area contributed by atoms with Crippen molar-refractivity contribution in [3.8, 4) is 5.75 Å². The predicted octanol–water partition coefficient (Wildman–Crippen LogP) is 3.18. The van der Waals surface area contributed by atoms with E-state index in [9.17, 15) is 22.0 Å². The van der Waals surface area contributed by atoms with Gasteiger partial charge >= 0.3 is 5.97 Å². The lowest BCUT2D eigenvalue weighted by Crippen LogP contribution is -2.12. The molecule has 0 aliphatic rings. The molecule has 27 heavy (non-hydrogen) atoms. The molecule has 0 amide bonds. The SMILES string of the molecule is COc1ccc2c(c1)c(CCC(=O)O)cn2S(=O)(=O)c1cc(F)cc(F)c1. The molecular weight excluding hydrogens is 380 g/mol. The monoisotopic (exact) mass is 395 g/mol. The number of aryl methyl sites for hydroxylation is 1. The summed E-state index contributed by atoms with van der Waals surface area (Å²) < 4.78 is 58.9. The number of ether oxygens (including phenoxy) is 1. The van der Waals surface area contributed by atoms with Gasteiger partial charge in [-0.25, -0.2) is 21.2 Å². The van der Waals surface area contributed by atoms with Crippen LogP contribution in [-0.2, 0) is 21.2 Å². The van der Waals surface area contributed by atoms with Crippen molar-refractivity contribution in [2.45, 2.75) is 17.7 Å². The van der Waals surface area contributed by atoms with E-state index in [1.54, 1.807) is 12.1 Å². The number of benzene rings is 2. The van der Waals surface area contributed by atoms with Crippen molar-refractivity contribution in [2.75, 3.05) is 7.11 Å². The van der Waals surface area contributed by atoms with Crippen LogP contribution in [0.4, 0.5) is 8.78 Å². The number of carboxylic acid groups (broad SMARTS) is 1. The summed E-state index contributed by atoms with van der Waals surface area (Å²) in [6.45, 7) is 0. The molecule has 0 spiro atoms. The van der Waals surface area contributed by atoms with Crippen LogP contribution in [0.5, 0.6) is 5.75 Å². The zero-order valence-corrected chi connectivity index (χ0v) is 15.0. The summed E-state index contributed by atoms with van der Waals surface area (Å²) in [7, 11) is -2.85. The van der Waals surface area contributed by atoms with Crippen LogP contribution in [0.3, 0.4) is 0 Å². The highest BCUT2D eigenvalue weighted by molar-refractivity contribution is 7.90. The molecule has 0 unspecified atom stereocenters. The van der Waals surface area contributed by atoms with E-state index < -0.39 is 32.5 Å². The molecule has 1 aromatic heterocycles. The number of aliphatic carboxylic acids is 1. The molecule has 0 saturated carbocycles. The summed E-state index contributed by atoms with van der Waals surface area (Å²) in [5.41, 5.74) is 0.715. The molecule has 0 radical (unpaired) electrons. The molecule has 0 atom stereocenters. The first-order chi connectivity index (χ1) is 12.7. The van der Waals surface area contributed by atoms with Crippen LogP contribution >= 0.6 is 0 Å². The van der Waals surface area contributed by atoms with E-state index in [0.717, 1.165) is 16.1 Å². The zero-order valence-electron chi connectivity index (χ0n) is 14.1. The Balaban J connectivity index is 2.22. The fourth-order valence-electron chi connectivity index (χ4n) is 2.80. The van der Waals surface area contributed by atoms with Gasteiger partial charge in [-0.05, 0) is 42.3 Å². The van der Waals surface area contributed by atoms with Crippen LogP contribution in [0, 0.1) is 11.6 Å². The third-order valence-corrected chi connectivity index (χ3v) is 5.71. The van der Waals surface area contributed by atoms with Crippen LogP contribution in [-0.4, -0.2) is 30.6 Å². The number of carboxylic acids is 1. The van der Waals surface area contributed by atoms with E-state index in [2.05, 4.69) is 0 Å². The Kier molecular flexibility index (Phi) is 4.88. The second kappa shape index (κ2) is 6.99. The van der Waals surface area contributed by atoms with E-state index in [1.807, 2.05) is 0 Å². The number of hydrogen-bond acceptors (Lipinski definition) is 4. The van der Waals surface area contributed by atoms with E-state index in [4.69, 9.17) is 9.84 Å². The molecule has 0 saturated heterocycles. The van der Waals surface area contributed by atoms with Gasteiger partial charge in [0.1, 0.15) is 17.4 Å². The van der Waals surface area contributed by atoms with Crippen molar-refractivity contribution < 1.29 is 31.8 Å². The summed E-state index contributed by atoms with van der Waals surface area (Å²) >= 11 is 0. The molecule has 3 rings (SSSR count). The summed E-state index contributed by atoms with van der Waals surface area (Å²) in [5, 5.41) is 9.40. The van der Waals surface area contributed by atoms with Gasteiger partial charge in [-0.15, -0.1) is 0 Å². The normalized spacial score (nSPS) is 11.7. The minimum absolute atomic E-state index is 0.0824. The van der Waals surface area contributed by atoms with E-state index in [0.29, 0.717) is 22.8 Å². The second-order valence-electron chi connectivity index (χ2n) is 5.84. The number of aromatic nitrogens is 1. The highest BCUT2D eigenvalue weighted by atomic mass is 32.2. The first kappa shape index (κ1) is 18.8. The molecule has 6 nitrogen and oxygen atoms in total. The number of hydrogen-bond donors (Lipinski definition) is 1. The molecule has 1 N–H and O–H groups in total. The van der Waals surface area contributed by atoms with Gasteiger partial charge in [-0.1, -0.05) is 0 Å². The molecule has 0 aliphatic heterocycles. The summed E-state index contributed by atoms with van der Waals surface area (Å²) in [4.78, 5) is 10.4. The highest BCUT2D eigenvalue weighted by Gasteiger charge is 2.23. The quantitative estimate of drug-likeness (QED) is 0.693. The van der Waals surface area contributed by atoms with Gasteiger partial charge in [-0.3, -0.25) is 4.79 Å². The first-order valence-electron chi connectivity index (χ1n) is 7.84. The van der Waals surface area contributed by atoms with E-state index >= 15 is 0 Å². The van der Waals surface area contributed by atoms with E-state index in [-0.39, 0.29) is 18.4 Å². The van der Waals surface area contributed by atoms with Crippen LogP contribution < -0.4 is 4.74 Å². The Bertz CT molecular complexity index is 1120. The number of nitrogens with zero attached hydrogens (tertiary/aromatic N) is 1. The molecule has 9 heteroatoms.